The molecule has 1 aliphatic rings. The highest BCUT2D eigenvalue weighted by atomic mass is 32.2. The monoisotopic (exact) mass is 281 g/mol. The molecule has 1 aromatic carbocycles. The minimum Gasteiger partial charge on any atom is -0.326 e. The normalized spacial score (nSPS) is 13.4. The number of hydrogen-bond acceptors (Lipinski definition) is 4. The molecule has 0 fully saturated rings. The second-order valence-electron chi connectivity index (χ2n) is 4.09. The molecule has 2 aromatic rings. The number of fused-ring (bicyclic) bond motifs is 1. The lowest BCUT2D eigenvalue weighted by molar-refractivity contribution is 0.509. The number of thioether (sulfide) groups is 1. The average molecular weight is 281 g/mol. The number of aromatic amines is 1. The van der Waals surface area contributed by atoms with Crippen molar-refractivity contribution in [2.45, 2.75) is 11.5 Å². The van der Waals surface area contributed by atoms with Crippen molar-refractivity contribution in [2.75, 3.05) is 5.32 Å². The van der Waals surface area contributed by atoms with Crippen LogP contribution in [0.15, 0.2) is 23.0 Å². The van der Waals surface area contributed by atoms with Gasteiger partial charge in [0, 0.05) is 28.8 Å². The van der Waals surface area contributed by atoms with Crippen LogP contribution in [0.5, 0.6) is 0 Å². The Bertz CT molecular complexity index is 702. The zero-order chi connectivity index (χ0) is 13.4. The fraction of sp³-hybridized carbons (Fsp3) is 0.167. The summed E-state index contributed by atoms with van der Waals surface area (Å²) in [4.78, 5) is 18.6. The molecule has 0 spiro atoms. The highest BCUT2D eigenvalue weighted by Crippen LogP contribution is 2.26. The van der Waals surface area contributed by atoms with Crippen molar-refractivity contribution in [3.63, 3.8) is 0 Å². The predicted octanol–water partition coefficient (Wildman–Crippen LogP) is 2.54. The molecule has 1 aliphatic heterocycles. The van der Waals surface area contributed by atoms with Crippen LogP contribution < -0.4 is 10.9 Å². The summed E-state index contributed by atoms with van der Waals surface area (Å²) < 4.78 is 25.9. The van der Waals surface area contributed by atoms with Crippen LogP contribution >= 0.6 is 11.8 Å². The van der Waals surface area contributed by atoms with E-state index in [0.29, 0.717) is 22.8 Å². The van der Waals surface area contributed by atoms with Crippen LogP contribution in [0.1, 0.15) is 11.3 Å². The van der Waals surface area contributed by atoms with Gasteiger partial charge in [0.05, 0.1) is 5.69 Å². The Labute approximate surface area is 111 Å². The van der Waals surface area contributed by atoms with Crippen LogP contribution in [0, 0.1) is 11.6 Å². The van der Waals surface area contributed by atoms with Gasteiger partial charge in [0.25, 0.3) is 5.56 Å². The summed E-state index contributed by atoms with van der Waals surface area (Å²) >= 11 is 1.62. The van der Waals surface area contributed by atoms with Crippen molar-refractivity contribution in [3.05, 3.63) is 51.4 Å². The van der Waals surface area contributed by atoms with E-state index in [1.165, 1.54) is 6.07 Å². The topological polar surface area (TPSA) is 57.8 Å². The van der Waals surface area contributed by atoms with Crippen molar-refractivity contribution in [1.29, 1.82) is 0 Å². The number of hydrogen-bond donors (Lipinski definition) is 2. The van der Waals surface area contributed by atoms with E-state index in [4.69, 9.17) is 0 Å². The van der Waals surface area contributed by atoms with Crippen LogP contribution in [-0.2, 0) is 11.5 Å². The van der Waals surface area contributed by atoms with Crippen molar-refractivity contribution in [3.8, 4) is 0 Å². The Hall–Kier alpha value is -1.89. The standard InChI is InChI=1S/C12H9F2N3OS/c13-8-2-1-6(3-9(8)14)15-12-16-10-5-19-4-7(10)11(18)17-12/h1-3H,4-5H2,(H2,15,16,17,18). The van der Waals surface area contributed by atoms with Crippen LogP contribution in [0.25, 0.3) is 0 Å². The molecule has 0 unspecified atom stereocenters. The lowest BCUT2D eigenvalue weighted by Gasteiger charge is -2.07. The largest absolute Gasteiger partial charge is 0.326 e. The Balaban J connectivity index is 1.93. The zero-order valence-electron chi connectivity index (χ0n) is 9.67. The van der Waals surface area contributed by atoms with Gasteiger partial charge in [-0.05, 0) is 12.1 Å². The summed E-state index contributed by atoms with van der Waals surface area (Å²) in [6.45, 7) is 0. The van der Waals surface area contributed by atoms with E-state index in [1.54, 1.807) is 11.8 Å². The number of H-pyrrole nitrogens is 1. The number of rotatable bonds is 2. The summed E-state index contributed by atoms with van der Waals surface area (Å²) in [7, 11) is 0. The molecule has 3 rings (SSSR count). The first-order chi connectivity index (χ1) is 9.13. The van der Waals surface area contributed by atoms with Gasteiger partial charge in [-0.2, -0.15) is 11.8 Å². The van der Waals surface area contributed by atoms with E-state index < -0.39 is 11.6 Å². The molecule has 0 bridgehead atoms. The third kappa shape index (κ3) is 2.33. The Morgan fingerprint density at radius 2 is 2.11 bits per heavy atom. The smallest absolute Gasteiger partial charge is 0.256 e. The molecule has 2 heterocycles. The average Bonchev–Trinajstić information content (AvgIpc) is 2.82. The van der Waals surface area contributed by atoms with E-state index in [9.17, 15) is 13.6 Å². The number of nitrogens with one attached hydrogen (secondary N) is 2. The van der Waals surface area contributed by atoms with E-state index in [0.717, 1.165) is 17.8 Å². The minimum absolute atomic E-state index is 0.194. The Morgan fingerprint density at radius 3 is 2.89 bits per heavy atom. The molecule has 0 saturated carbocycles. The maximum absolute atomic E-state index is 13.1. The SMILES string of the molecule is O=c1[nH]c(Nc2ccc(F)c(F)c2)nc2c1CSC2. The maximum Gasteiger partial charge on any atom is 0.256 e. The molecule has 7 heteroatoms. The first-order valence-corrected chi connectivity index (χ1v) is 6.71. The molecule has 0 amide bonds. The van der Waals surface area contributed by atoms with E-state index in [-0.39, 0.29) is 11.5 Å². The summed E-state index contributed by atoms with van der Waals surface area (Å²) in [5.74, 6) is -0.298. The summed E-state index contributed by atoms with van der Waals surface area (Å²) in [5, 5.41) is 2.76. The summed E-state index contributed by atoms with van der Waals surface area (Å²) in [6, 6.07) is 3.40. The van der Waals surface area contributed by atoms with Crippen molar-refractivity contribution >= 4 is 23.4 Å². The van der Waals surface area contributed by atoms with E-state index >= 15 is 0 Å². The quantitative estimate of drug-likeness (QED) is 0.888. The van der Waals surface area contributed by atoms with E-state index in [1.807, 2.05) is 0 Å². The van der Waals surface area contributed by atoms with Gasteiger partial charge in [-0.3, -0.25) is 9.78 Å². The van der Waals surface area contributed by atoms with E-state index in [2.05, 4.69) is 15.3 Å². The molecular weight excluding hydrogens is 272 g/mol. The fourth-order valence-electron chi connectivity index (χ4n) is 1.83. The van der Waals surface area contributed by atoms with Gasteiger partial charge in [0.15, 0.2) is 11.6 Å². The highest BCUT2D eigenvalue weighted by molar-refractivity contribution is 7.98. The zero-order valence-corrected chi connectivity index (χ0v) is 10.5. The van der Waals surface area contributed by atoms with Gasteiger partial charge in [-0.25, -0.2) is 13.8 Å². The summed E-state index contributed by atoms with van der Waals surface area (Å²) in [6.07, 6.45) is 0. The minimum atomic E-state index is -0.955. The lowest BCUT2D eigenvalue weighted by Crippen LogP contribution is -2.16. The number of anilines is 2. The highest BCUT2D eigenvalue weighted by Gasteiger charge is 2.17. The molecule has 98 valence electrons. The number of nitrogens with zero attached hydrogens (tertiary/aromatic N) is 1. The van der Waals surface area contributed by atoms with Gasteiger partial charge in [-0.1, -0.05) is 0 Å². The first kappa shape index (κ1) is 12.2. The second kappa shape index (κ2) is 4.65. The summed E-state index contributed by atoms with van der Waals surface area (Å²) in [5.41, 5.74) is 1.55. The molecule has 0 radical (unpaired) electrons. The van der Waals surface area contributed by atoms with Gasteiger partial charge in [-0.15, -0.1) is 0 Å². The van der Waals surface area contributed by atoms with Crippen molar-refractivity contribution in [1.82, 2.24) is 9.97 Å². The fourth-order valence-corrected chi connectivity index (χ4v) is 2.87. The Morgan fingerprint density at radius 1 is 1.26 bits per heavy atom. The Kier molecular flexibility index (Phi) is 2.98. The van der Waals surface area contributed by atoms with Crippen LogP contribution in [0.3, 0.4) is 0 Å². The second-order valence-corrected chi connectivity index (χ2v) is 5.07. The van der Waals surface area contributed by atoms with Crippen LogP contribution in [-0.4, -0.2) is 9.97 Å². The predicted molar refractivity (Wildman–Crippen MR) is 69.5 cm³/mol. The number of halogens is 2. The van der Waals surface area contributed by atoms with Gasteiger partial charge in [0.2, 0.25) is 5.95 Å². The third-order valence-electron chi connectivity index (χ3n) is 2.77. The molecule has 19 heavy (non-hydrogen) atoms. The molecule has 2 N–H and O–H groups in total. The van der Waals surface area contributed by atoms with Crippen molar-refractivity contribution < 1.29 is 8.78 Å². The number of aromatic nitrogens is 2. The van der Waals surface area contributed by atoms with Crippen LogP contribution in [0.4, 0.5) is 20.4 Å². The number of benzene rings is 1. The molecular formula is C12H9F2N3OS. The maximum atomic E-state index is 13.1. The molecule has 0 atom stereocenters. The van der Waals surface area contributed by atoms with Crippen molar-refractivity contribution in [2.24, 2.45) is 0 Å². The lowest BCUT2D eigenvalue weighted by atomic mass is 10.3. The molecule has 0 saturated heterocycles. The molecule has 4 nitrogen and oxygen atoms in total. The first-order valence-electron chi connectivity index (χ1n) is 5.55. The third-order valence-corrected chi connectivity index (χ3v) is 3.74. The van der Waals surface area contributed by atoms with Crippen LogP contribution in [0.2, 0.25) is 0 Å². The molecule has 0 aliphatic carbocycles. The van der Waals surface area contributed by atoms with Gasteiger partial charge in [0.1, 0.15) is 0 Å². The van der Waals surface area contributed by atoms with Gasteiger partial charge >= 0.3 is 0 Å². The molecule has 1 aromatic heterocycles. The van der Waals surface area contributed by atoms with Gasteiger partial charge < -0.3 is 5.32 Å².